The van der Waals surface area contributed by atoms with Gasteiger partial charge in [0.05, 0.1) is 4.83 Å². The van der Waals surface area contributed by atoms with Crippen LogP contribution in [0.15, 0.2) is 54.9 Å². The Kier molecular flexibility index (Phi) is 16.8. The van der Waals surface area contributed by atoms with Crippen LogP contribution in [0.25, 0.3) is 0 Å². The Labute approximate surface area is 170 Å². The maximum absolute atomic E-state index is 11.7. The summed E-state index contributed by atoms with van der Waals surface area (Å²) in [6.07, 6.45) is 3.48. The molecule has 1 atom stereocenters. The summed E-state index contributed by atoms with van der Waals surface area (Å²) >= 11 is 11.3. The van der Waals surface area contributed by atoms with Crippen LogP contribution in [0.1, 0.15) is 37.2 Å². The SMILES string of the molecule is C.CC(C)C(Br)C(=O)c1ccccc1.NCc1ccncc1.S=C=S. The molecule has 1 heterocycles. The summed E-state index contributed by atoms with van der Waals surface area (Å²) in [4.78, 5) is 15.5. The van der Waals surface area contributed by atoms with Gasteiger partial charge in [-0.1, -0.05) is 67.5 Å². The van der Waals surface area contributed by atoms with Gasteiger partial charge >= 0.3 is 0 Å². The fourth-order valence-corrected chi connectivity index (χ4v) is 1.85. The molecule has 1 unspecified atom stereocenters. The van der Waals surface area contributed by atoms with Crippen molar-refractivity contribution in [3.8, 4) is 0 Å². The molecule has 0 radical (unpaired) electrons. The Bertz CT molecular complexity index is 616. The average Bonchev–Trinajstić information content (AvgIpc) is 2.63. The molecule has 0 saturated heterocycles. The van der Waals surface area contributed by atoms with Crippen molar-refractivity contribution in [1.82, 2.24) is 4.98 Å². The molecule has 2 rings (SSSR count). The van der Waals surface area contributed by atoms with Crippen LogP contribution in [-0.2, 0) is 6.54 Å². The van der Waals surface area contributed by atoms with E-state index in [9.17, 15) is 4.79 Å². The van der Waals surface area contributed by atoms with E-state index in [1.165, 1.54) is 0 Å². The largest absolute Gasteiger partial charge is 0.326 e. The molecule has 0 saturated carbocycles. The molecular formula is C19H25BrN2OS2. The first-order valence-electron chi connectivity index (χ1n) is 7.29. The van der Waals surface area contributed by atoms with E-state index >= 15 is 0 Å². The number of aromatic nitrogens is 1. The average molecular weight is 441 g/mol. The van der Waals surface area contributed by atoms with Crippen molar-refractivity contribution in [3.63, 3.8) is 0 Å². The Morgan fingerprint density at radius 3 is 2.00 bits per heavy atom. The highest BCUT2D eigenvalue weighted by Gasteiger charge is 2.19. The molecule has 0 bridgehead atoms. The Balaban J connectivity index is 0. The van der Waals surface area contributed by atoms with E-state index < -0.39 is 0 Å². The van der Waals surface area contributed by atoms with Gasteiger partial charge in [-0.3, -0.25) is 9.78 Å². The van der Waals surface area contributed by atoms with Gasteiger partial charge in [-0.05, 0) is 48.0 Å². The summed E-state index contributed by atoms with van der Waals surface area (Å²) in [5.74, 6) is 0.489. The van der Waals surface area contributed by atoms with Gasteiger partial charge in [0.25, 0.3) is 0 Å². The van der Waals surface area contributed by atoms with Crippen LogP contribution in [0.3, 0.4) is 0 Å². The van der Waals surface area contributed by atoms with Crippen LogP contribution in [-0.4, -0.2) is 19.9 Å². The van der Waals surface area contributed by atoms with Gasteiger partial charge in [0, 0.05) is 28.8 Å². The molecule has 0 amide bonds. The molecule has 0 aliphatic rings. The molecule has 136 valence electrons. The van der Waals surface area contributed by atoms with Crippen molar-refractivity contribution in [2.45, 2.75) is 32.6 Å². The maximum atomic E-state index is 11.7. The van der Waals surface area contributed by atoms with E-state index in [-0.39, 0.29) is 18.0 Å². The number of alkyl halides is 1. The van der Waals surface area contributed by atoms with E-state index in [0.717, 1.165) is 11.1 Å². The fourth-order valence-electron chi connectivity index (χ4n) is 1.58. The number of hydrogen-bond donors (Lipinski definition) is 1. The van der Waals surface area contributed by atoms with Crippen LogP contribution < -0.4 is 5.73 Å². The zero-order chi connectivity index (χ0) is 18.4. The molecule has 1 aromatic carbocycles. The first-order chi connectivity index (χ1) is 11.5. The highest BCUT2D eigenvalue weighted by atomic mass is 79.9. The molecule has 0 aliphatic heterocycles. The summed E-state index contributed by atoms with van der Waals surface area (Å²) in [5, 5.41) is 0. The molecule has 0 spiro atoms. The lowest BCUT2D eigenvalue weighted by atomic mass is 10.0. The number of rotatable bonds is 4. The number of carbonyl (C=O) groups excluding carboxylic acids is 1. The second kappa shape index (κ2) is 16.2. The van der Waals surface area contributed by atoms with Crippen molar-refractivity contribution in [2.75, 3.05) is 0 Å². The van der Waals surface area contributed by atoms with Crippen molar-refractivity contribution in [3.05, 3.63) is 66.0 Å². The molecular weight excluding hydrogens is 416 g/mol. The number of benzene rings is 1. The Morgan fingerprint density at radius 2 is 1.64 bits per heavy atom. The third-order valence-electron chi connectivity index (χ3n) is 2.88. The lowest BCUT2D eigenvalue weighted by Gasteiger charge is -2.11. The number of pyridine rings is 1. The number of thiocarbonyl (C=S) groups is 2. The Morgan fingerprint density at radius 1 is 1.16 bits per heavy atom. The van der Waals surface area contributed by atoms with E-state index in [0.29, 0.717) is 12.5 Å². The number of ketones is 1. The van der Waals surface area contributed by atoms with Crippen molar-refractivity contribution < 1.29 is 4.79 Å². The normalized spacial score (nSPS) is 9.96. The van der Waals surface area contributed by atoms with Gasteiger partial charge in [-0.25, -0.2) is 0 Å². The smallest absolute Gasteiger partial charge is 0.176 e. The minimum Gasteiger partial charge on any atom is -0.326 e. The van der Waals surface area contributed by atoms with E-state index in [2.05, 4.69) is 45.3 Å². The topological polar surface area (TPSA) is 56.0 Å². The van der Waals surface area contributed by atoms with Gasteiger partial charge in [0.1, 0.15) is 0 Å². The lowest BCUT2D eigenvalue weighted by Crippen LogP contribution is -2.19. The third-order valence-corrected chi connectivity index (χ3v) is 4.35. The van der Waals surface area contributed by atoms with Gasteiger partial charge in [-0.15, -0.1) is 0 Å². The van der Waals surface area contributed by atoms with Crippen LogP contribution in [0, 0.1) is 5.92 Å². The van der Waals surface area contributed by atoms with Crippen molar-refractivity contribution in [2.24, 2.45) is 11.7 Å². The fraction of sp³-hybridized carbons (Fsp3) is 0.316. The van der Waals surface area contributed by atoms with Gasteiger partial charge in [0.15, 0.2) is 5.78 Å². The predicted molar refractivity (Wildman–Crippen MR) is 117 cm³/mol. The predicted octanol–water partition coefficient (Wildman–Crippen LogP) is 5.48. The van der Waals surface area contributed by atoms with E-state index in [4.69, 9.17) is 5.73 Å². The molecule has 2 aromatic rings. The standard InChI is InChI=1S/C11H13BrO.C6H8N2.CS2.CH4/c1-8(2)10(12)11(13)9-6-4-3-5-7-9;7-5-6-1-3-8-4-2-6;2-1-3;/h3-8,10H,1-2H3;1-4H,5,7H2;;1H4. The number of hydrogen-bond acceptors (Lipinski definition) is 5. The van der Waals surface area contributed by atoms with Gasteiger partial charge in [-0.2, -0.15) is 0 Å². The maximum Gasteiger partial charge on any atom is 0.176 e. The highest BCUT2D eigenvalue weighted by Crippen LogP contribution is 2.17. The number of nitrogens with zero attached hydrogens (tertiary/aromatic N) is 1. The number of nitrogens with two attached hydrogens (primary N) is 1. The molecule has 0 aliphatic carbocycles. The summed E-state index contributed by atoms with van der Waals surface area (Å²) in [6, 6.07) is 13.2. The summed E-state index contributed by atoms with van der Waals surface area (Å²) in [6.45, 7) is 4.66. The zero-order valence-electron chi connectivity index (χ0n) is 13.7. The van der Waals surface area contributed by atoms with Crippen LogP contribution in [0.2, 0.25) is 0 Å². The van der Waals surface area contributed by atoms with Gasteiger partial charge < -0.3 is 5.73 Å². The molecule has 3 nitrogen and oxygen atoms in total. The van der Waals surface area contributed by atoms with Gasteiger partial charge in [0.2, 0.25) is 0 Å². The molecule has 1 aromatic heterocycles. The Hall–Kier alpha value is -1.30. The molecule has 2 N–H and O–H groups in total. The number of Topliss-reactive ketones (excluding diaryl/α,β-unsaturated/α-hetero) is 1. The van der Waals surface area contributed by atoms with Crippen LogP contribution >= 0.6 is 40.4 Å². The van der Waals surface area contributed by atoms with Crippen molar-refractivity contribution >= 4 is 50.5 Å². The lowest BCUT2D eigenvalue weighted by molar-refractivity contribution is 0.0978. The third kappa shape index (κ3) is 11.8. The number of carbonyl (C=O) groups is 1. The van der Waals surface area contributed by atoms with E-state index in [1.807, 2.05) is 60.6 Å². The minimum atomic E-state index is -0.0742. The van der Waals surface area contributed by atoms with Crippen LogP contribution in [0.5, 0.6) is 0 Å². The van der Waals surface area contributed by atoms with Crippen LogP contribution in [0.4, 0.5) is 0 Å². The molecule has 6 heteroatoms. The molecule has 0 fully saturated rings. The quantitative estimate of drug-likeness (QED) is 0.387. The monoisotopic (exact) mass is 440 g/mol. The summed E-state index contributed by atoms with van der Waals surface area (Å²) in [5.41, 5.74) is 7.22. The highest BCUT2D eigenvalue weighted by molar-refractivity contribution is 9.10. The number of halogens is 1. The zero-order valence-corrected chi connectivity index (χ0v) is 16.9. The summed E-state index contributed by atoms with van der Waals surface area (Å²) in [7, 11) is 0. The first-order valence-corrected chi connectivity index (χ1v) is 9.02. The molecule has 25 heavy (non-hydrogen) atoms. The second-order valence-electron chi connectivity index (χ2n) is 5.02. The van der Waals surface area contributed by atoms with E-state index in [1.54, 1.807) is 12.4 Å². The second-order valence-corrected chi connectivity index (χ2v) is 6.67. The minimum absolute atomic E-state index is 0. The van der Waals surface area contributed by atoms with Crippen molar-refractivity contribution in [1.29, 1.82) is 0 Å². The summed E-state index contributed by atoms with van der Waals surface area (Å²) < 4.78 is 1.92. The first kappa shape index (κ1) is 25.9.